The van der Waals surface area contributed by atoms with Crippen LogP contribution in [0.3, 0.4) is 0 Å². The molecule has 0 aliphatic rings. The topological polar surface area (TPSA) is 60.0 Å². The van der Waals surface area contributed by atoms with E-state index in [1.54, 1.807) is 0 Å². The van der Waals surface area contributed by atoms with Crippen molar-refractivity contribution in [2.45, 2.75) is 13.5 Å². The fourth-order valence-corrected chi connectivity index (χ4v) is 2.53. The summed E-state index contributed by atoms with van der Waals surface area (Å²) in [5, 5.41) is 3.90. The highest BCUT2D eigenvalue weighted by molar-refractivity contribution is 6.06. The number of nitrogens with one attached hydrogen (secondary N) is 1. The Hall–Kier alpha value is -2.75. The number of rotatable bonds is 3. The highest BCUT2D eigenvalue weighted by Gasteiger charge is 2.14. The van der Waals surface area contributed by atoms with Gasteiger partial charge >= 0.3 is 0 Å². The van der Waals surface area contributed by atoms with Gasteiger partial charge in [0.25, 0.3) is 5.91 Å². The molecule has 0 atom stereocenters. The summed E-state index contributed by atoms with van der Waals surface area (Å²) < 4.78 is 1.99. The van der Waals surface area contributed by atoms with Crippen molar-refractivity contribution in [2.24, 2.45) is 0 Å². The summed E-state index contributed by atoms with van der Waals surface area (Å²) in [5.41, 5.74) is 8.96. The van der Waals surface area contributed by atoms with Gasteiger partial charge in [-0.25, -0.2) is 0 Å². The monoisotopic (exact) mass is 279 g/mol. The Bertz CT molecular complexity index is 790. The van der Waals surface area contributed by atoms with Crippen LogP contribution in [0.1, 0.15) is 17.4 Å². The number of aromatic nitrogens is 1. The zero-order valence-corrected chi connectivity index (χ0v) is 11.8. The van der Waals surface area contributed by atoms with Crippen LogP contribution < -0.4 is 11.1 Å². The van der Waals surface area contributed by atoms with Crippen molar-refractivity contribution < 1.29 is 4.79 Å². The average molecular weight is 279 g/mol. The minimum Gasteiger partial charge on any atom is -0.399 e. The average Bonchev–Trinajstić information content (AvgIpc) is 2.85. The maximum atomic E-state index is 12.5. The number of nitrogens with zero attached hydrogens (tertiary/aromatic N) is 1. The van der Waals surface area contributed by atoms with Crippen LogP contribution in [0, 0.1) is 0 Å². The molecule has 0 aliphatic heterocycles. The summed E-state index contributed by atoms with van der Waals surface area (Å²) in [4.78, 5) is 12.5. The lowest BCUT2D eigenvalue weighted by molar-refractivity contribution is 0.101. The summed E-state index contributed by atoms with van der Waals surface area (Å²) in [6.07, 6.45) is 0. The third kappa shape index (κ3) is 2.48. The molecule has 0 bridgehead atoms. The molecule has 0 saturated heterocycles. The maximum absolute atomic E-state index is 12.5. The minimum atomic E-state index is -0.113. The van der Waals surface area contributed by atoms with E-state index in [9.17, 15) is 4.79 Å². The SMILES string of the molecule is CCn1c(C(=O)Nc2ccccc2)cc2cc(N)ccc21. The Morgan fingerprint density at radius 2 is 1.90 bits per heavy atom. The molecule has 0 saturated carbocycles. The molecule has 1 amide bonds. The summed E-state index contributed by atoms with van der Waals surface area (Å²) in [5.74, 6) is -0.113. The predicted octanol–water partition coefficient (Wildman–Crippen LogP) is 3.50. The zero-order chi connectivity index (χ0) is 14.8. The summed E-state index contributed by atoms with van der Waals surface area (Å²) >= 11 is 0. The number of para-hydroxylation sites is 1. The van der Waals surface area contributed by atoms with Crippen LogP contribution in [0.25, 0.3) is 10.9 Å². The lowest BCUT2D eigenvalue weighted by atomic mass is 10.2. The smallest absolute Gasteiger partial charge is 0.272 e. The molecule has 3 aromatic rings. The van der Waals surface area contributed by atoms with Crippen LogP contribution in [-0.2, 0) is 6.54 Å². The molecule has 2 aromatic carbocycles. The third-order valence-corrected chi connectivity index (χ3v) is 3.51. The fourth-order valence-electron chi connectivity index (χ4n) is 2.53. The van der Waals surface area contributed by atoms with Gasteiger partial charge in [0.15, 0.2) is 0 Å². The molecule has 3 rings (SSSR count). The first-order chi connectivity index (χ1) is 10.2. The van der Waals surface area contributed by atoms with Crippen molar-refractivity contribution in [1.29, 1.82) is 0 Å². The number of benzene rings is 2. The zero-order valence-electron chi connectivity index (χ0n) is 11.8. The number of aryl methyl sites for hydroxylation is 1. The van der Waals surface area contributed by atoms with Crippen molar-refractivity contribution in [1.82, 2.24) is 4.57 Å². The molecule has 1 aromatic heterocycles. The second kappa shape index (κ2) is 5.32. The molecule has 4 nitrogen and oxygen atoms in total. The highest BCUT2D eigenvalue weighted by Crippen LogP contribution is 2.23. The van der Waals surface area contributed by atoms with Crippen LogP contribution in [0.5, 0.6) is 0 Å². The third-order valence-electron chi connectivity index (χ3n) is 3.51. The van der Waals surface area contributed by atoms with Crippen molar-refractivity contribution >= 4 is 28.2 Å². The van der Waals surface area contributed by atoms with E-state index in [1.165, 1.54) is 0 Å². The number of nitrogens with two attached hydrogens (primary N) is 1. The fraction of sp³-hybridized carbons (Fsp3) is 0.118. The van der Waals surface area contributed by atoms with Crippen LogP contribution in [0.15, 0.2) is 54.6 Å². The number of hydrogen-bond acceptors (Lipinski definition) is 2. The Balaban J connectivity index is 2.01. The van der Waals surface area contributed by atoms with Crippen molar-refractivity contribution in [3.05, 3.63) is 60.3 Å². The molecule has 0 radical (unpaired) electrons. The Kier molecular flexibility index (Phi) is 3.36. The van der Waals surface area contributed by atoms with Gasteiger partial charge in [-0.15, -0.1) is 0 Å². The second-order valence-electron chi connectivity index (χ2n) is 4.91. The molecular formula is C17H17N3O. The summed E-state index contributed by atoms with van der Waals surface area (Å²) in [6.45, 7) is 2.75. The second-order valence-corrected chi connectivity index (χ2v) is 4.91. The highest BCUT2D eigenvalue weighted by atomic mass is 16.1. The number of carbonyl (C=O) groups is 1. The largest absolute Gasteiger partial charge is 0.399 e. The first-order valence-corrected chi connectivity index (χ1v) is 6.94. The molecular weight excluding hydrogens is 262 g/mol. The Morgan fingerprint density at radius 3 is 2.62 bits per heavy atom. The van der Waals surface area contributed by atoms with Gasteiger partial charge in [-0.05, 0) is 43.3 Å². The Morgan fingerprint density at radius 1 is 1.14 bits per heavy atom. The first kappa shape index (κ1) is 13.2. The van der Waals surface area contributed by atoms with E-state index in [-0.39, 0.29) is 5.91 Å². The van der Waals surface area contributed by atoms with E-state index in [2.05, 4.69) is 5.32 Å². The van der Waals surface area contributed by atoms with E-state index in [4.69, 9.17) is 5.73 Å². The van der Waals surface area contributed by atoms with Gasteiger partial charge in [-0.2, -0.15) is 0 Å². The van der Waals surface area contributed by atoms with Gasteiger partial charge in [0.05, 0.1) is 0 Å². The Labute approximate surface area is 123 Å². The van der Waals surface area contributed by atoms with Crippen molar-refractivity contribution in [3.63, 3.8) is 0 Å². The molecule has 0 fully saturated rings. The van der Waals surface area contributed by atoms with Gasteiger partial charge in [-0.3, -0.25) is 4.79 Å². The van der Waals surface area contributed by atoms with Gasteiger partial charge in [0, 0.05) is 28.8 Å². The number of hydrogen-bond donors (Lipinski definition) is 2. The van der Waals surface area contributed by atoms with Crippen LogP contribution >= 0.6 is 0 Å². The summed E-state index contributed by atoms with van der Waals surface area (Å²) in [7, 11) is 0. The number of fused-ring (bicyclic) bond motifs is 1. The molecule has 106 valence electrons. The molecule has 0 aliphatic carbocycles. The number of anilines is 2. The van der Waals surface area contributed by atoms with Gasteiger partial charge < -0.3 is 15.6 Å². The van der Waals surface area contributed by atoms with Crippen LogP contribution in [0.4, 0.5) is 11.4 Å². The van der Waals surface area contributed by atoms with Crippen LogP contribution in [0.2, 0.25) is 0 Å². The minimum absolute atomic E-state index is 0.113. The predicted molar refractivity (Wildman–Crippen MR) is 86.4 cm³/mol. The van der Waals surface area contributed by atoms with E-state index in [0.29, 0.717) is 11.4 Å². The number of nitrogen functional groups attached to an aromatic ring is 1. The first-order valence-electron chi connectivity index (χ1n) is 6.94. The maximum Gasteiger partial charge on any atom is 0.272 e. The molecule has 4 heteroatoms. The van der Waals surface area contributed by atoms with Crippen molar-refractivity contribution in [2.75, 3.05) is 11.1 Å². The summed E-state index contributed by atoms with van der Waals surface area (Å²) in [6, 6.07) is 17.0. The van der Waals surface area contributed by atoms with E-state index >= 15 is 0 Å². The van der Waals surface area contributed by atoms with Gasteiger partial charge in [0.1, 0.15) is 5.69 Å². The lowest BCUT2D eigenvalue weighted by Crippen LogP contribution is -2.16. The van der Waals surface area contributed by atoms with Crippen LogP contribution in [-0.4, -0.2) is 10.5 Å². The van der Waals surface area contributed by atoms with Gasteiger partial charge in [0.2, 0.25) is 0 Å². The molecule has 21 heavy (non-hydrogen) atoms. The normalized spacial score (nSPS) is 10.7. The van der Waals surface area contributed by atoms with E-state index in [0.717, 1.165) is 23.1 Å². The van der Waals surface area contributed by atoms with E-state index < -0.39 is 0 Å². The standard InChI is InChI=1S/C17H17N3O/c1-2-20-15-9-8-13(18)10-12(15)11-16(20)17(21)19-14-6-4-3-5-7-14/h3-11H,2,18H2,1H3,(H,19,21). The number of amides is 1. The van der Waals surface area contributed by atoms with E-state index in [1.807, 2.05) is 66.1 Å². The molecule has 0 unspecified atom stereocenters. The quantitative estimate of drug-likeness (QED) is 0.721. The molecule has 3 N–H and O–H groups in total. The number of carbonyl (C=O) groups excluding carboxylic acids is 1. The van der Waals surface area contributed by atoms with Gasteiger partial charge in [-0.1, -0.05) is 18.2 Å². The molecule has 0 spiro atoms. The van der Waals surface area contributed by atoms with Crippen molar-refractivity contribution in [3.8, 4) is 0 Å². The molecule has 1 heterocycles. The lowest BCUT2D eigenvalue weighted by Gasteiger charge is -2.08.